The molecule has 0 aliphatic carbocycles. The first kappa shape index (κ1) is 15.9. The number of nitrogens with two attached hydrogens (primary N) is 1. The molecule has 0 rings (SSSR count). The van der Waals surface area contributed by atoms with E-state index >= 15 is 0 Å². The van der Waals surface area contributed by atoms with Gasteiger partial charge in [0.2, 0.25) is 11.8 Å². The van der Waals surface area contributed by atoms with Crippen molar-refractivity contribution in [2.24, 2.45) is 17.6 Å². The molecule has 0 radical (unpaired) electrons. The van der Waals surface area contributed by atoms with Gasteiger partial charge >= 0.3 is 0 Å². The number of hydrogen-bond acceptors (Lipinski definition) is 3. The Morgan fingerprint density at radius 3 is 2.29 bits per heavy atom. The molecule has 0 aromatic carbocycles. The lowest BCUT2D eigenvalue weighted by Crippen LogP contribution is -2.38. The van der Waals surface area contributed by atoms with Crippen LogP contribution in [0.3, 0.4) is 0 Å². The largest absolute Gasteiger partial charge is 0.355 e. The van der Waals surface area contributed by atoms with Crippen LogP contribution in [0.4, 0.5) is 0 Å². The van der Waals surface area contributed by atoms with Crippen LogP contribution in [-0.4, -0.2) is 31.4 Å². The zero-order valence-electron chi connectivity index (χ0n) is 11.1. The Morgan fingerprint density at radius 2 is 1.82 bits per heavy atom. The van der Waals surface area contributed by atoms with Gasteiger partial charge in [-0.2, -0.15) is 0 Å². The Labute approximate surface area is 104 Å². The van der Waals surface area contributed by atoms with E-state index in [1.54, 1.807) is 0 Å². The molecule has 0 aliphatic heterocycles. The van der Waals surface area contributed by atoms with Gasteiger partial charge in [0.15, 0.2) is 0 Å². The first-order valence-electron chi connectivity index (χ1n) is 6.23. The topological polar surface area (TPSA) is 84.2 Å². The van der Waals surface area contributed by atoms with Crippen LogP contribution >= 0.6 is 0 Å². The van der Waals surface area contributed by atoms with Gasteiger partial charge in [-0.25, -0.2) is 0 Å². The number of likely N-dealkylation sites (N-methyl/N-ethyl adjacent to an activating group) is 1. The summed E-state index contributed by atoms with van der Waals surface area (Å²) in [6, 6.07) is 0. The maximum atomic E-state index is 11.6. The van der Waals surface area contributed by atoms with E-state index in [4.69, 9.17) is 5.73 Å². The molecule has 0 fully saturated rings. The van der Waals surface area contributed by atoms with Crippen molar-refractivity contribution in [2.45, 2.75) is 33.6 Å². The number of nitrogens with one attached hydrogen (secondary N) is 2. The highest BCUT2D eigenvalue weighted by Crippen LogP contribution is 2.13. The van der Waals surface area contributed by atoms with Gasteiger partial charge in [-0.05, 0) is 31.7 Å². The predicted molar refractivity (Wildman–Crippen MR) is 68.3 cm³/mol. The zero-order chi connectivity index (χ0) is 13.3. The predicted octanol–water partition coefficient (Wildman–Crippen LogP) is 0.250. The average Bonchev–Trinajstić information content (AvgIpc) is 2.25. The molecule has 5 nitrogen and oxygen atoms in total. The Hall–Kier alpha value is -1.10. The van der Waals surface area contributed by atoms with E-state index in [2.05, 4.69) is 24.5 Å². The first-order valence-corrected chi connectivity index (χ1v) is 6.23. The van der Waals surface area contributed by atoms with E-state index < -0.39 is 0 Å². The van der Waals surface area contributed by atoms with Gasteiger partial charge in [0.25, 0.3) is 0 Å². The van der Waals surface area contributed by atoms with E-state index in [0.717, 1.165) is 6.42 Å². The second-order valence-corrected chi connectivity index (χ2v) is 4.67. The molecule has 2 amide bonds. The molecule has 17 heavy (non-hydrogen) atoms. The highest BCUT2D eigenvalue weighted by atomic mass is 16.2. The van der Waals surface area contributed by atoms with Crippen molar-refractivity contribution in [1.29, 1.82) is 0 Å². The van der Waals surface area contributed by atoms with Gasteiger partial charge in [-0.15, -0.1) is 0 Å². The summed E-state index contributed by atoms with van der Waals surface area (Å²) in [4.78, 5) is 22.7. The molecular weight excluding hydrogens is 218 g/mol. The van der Waals surface area contributed by atoms with Crippen molar-refractivity contribution < 1.29 is 9.59 Å². The molecule has 0 unspecified atom stereocenters. The second kappa shape index (κ2) is 8.98. The summed E-state index contributed by atoms with van der Waals surface area (Å²) in [5.41, 5.74) is 5.61. The van der Waals surface area contributed by atoms with Crippen molar-refractivity contribution in [2.75, 3.05) is 19.6 Å². The molecule has 0 saturated heterocycles. The minimum Gasteiger partial charge on any atom is -0.355 e. The highest BCUT2D eigenvalue weighted by molar-refractivity contribution is 5.84. The fraction of sp³-hybridized carbons (Fsp3) is 0.833. The summed E-state index contributed by atoms with van der Waals surface area (Å²) in [5, 5.41) is 5.22. The van der Waals surface area contributed by atoms with Crippen molar-refractivity contribution >= 4 is 11.8 Å². The molecule has 0 aromatic rings. The number of rotatable bonds is 8. The summed E-state index contributed by atoms with van der Waals surface area (Å²) in [7, 11) is 0. The van der Waals surface area contributed by atoms with E-state index in [1.165, 1.54) is 0 Å². The summed E-state index contributed by atoms with van der Waals surface area (Å²) >= 11 is 0. The molecule has 0 saturated carbocycles. The van der Waals surface area contributed by atoms with Gasteiger partial charge in [0, 0.05) is 13.0 Å². The Morgan fingerprint density at radius 1 is 1.18 bits per heavy atom. The van der Waals surface area contributed by atoms with Crippen LogP contribution in [0.1, 0.15) is 33.6 Å². The minimum atomic E-state index is -0.158. The molecular formula is C12H25N3O2. The van der Waals surface area contributed by atoms with Gasteiger partial charge < -0.3 is 16.4 Å². The van der Waals surface area contributed by atoms with Crippen LogP contribution in [0.5, 0.6) is 0 Å². The minimum absolute atomic E-state index is 0.0473. The van der Waals surface area contributed by atoms with Crippen LogP contribution < -0.4 is 16.4 Å². The second-order valence-electron chi connectivity index (χ2n) is 4.67. The monoisotopic (exact) mass is 243 g/mol. The SMILES string of the molecule is CCNC(=O)CNC(=O)C[C@@H](CN)CC(C)C. The summed E-state index contributed by atoms with van der Waals surface area (Å²) < 4.78 is 0. The van der Waals surface area contributed by atoms with Crippen molar-refractivity contribution in [3.63, 3.8) is 0 Å². The van der Waals surface area contributed by atoms with Crippen LogP contribution in [0.2, 0.25) is 0 Å². The molecule has 5 heteroatoms. The van der Waals surface area contributed by atoms with Gasteiger partial charge in [-0.3, -0.25) is 9.59 Å². The Bertz CT molecular complexity index is 242. The number of amides is 2. The molecule has 100 valence electrons. The maximum absolute atomic E-state index is 11.6. The fourth-order valence-corrected chi connectivity index (χ4v) is 1.70. The molecule has 0 heterocycles. The molecule has 0 bridgehead atoms. The molecule has 0 spiro atoms. The standard InChI is InChI=1S/C12H25N3O2/c1-4-14-12(17)8-15-11(16)6-10(7-13)5-9(2)3/h9-10H,4-8,13H2,1-3H3,(H,14,17)(H,15,16)/t10-/m0/s1. The summed E-state index contributed by atoms with van der Waals surface area (Å²) in [5.74, 6) is 0.463. The fourth-order valence-electron chi connectivity index (χ4n) is 1.70. The maximum Gasteiger partial charge on any atom is 0.239 e. The first-order chi connectivity index (χ1) is 7.99. The van der Waals surface area contributed by atoms with E-state index in [1.807, 2.05) is 6.92 Å². The third kappa shape index (κ3) is 8.68. The van der Waals surface area contributed by atoms with E-state index in [9.17, 15) is 9.59 Å². The smallest absolute Gasteiger partial charge is 0.239 e. The molecule has 0 aromatic heterocycles. The lowest BCUT2D eigenvalue weighted by atomic mass is 9.94. The molecule has 4 N–H and O–H groups in total. The summed E-state index contributed by atoms with van der Waals surface area (Å²) in [6.07, 6.45) is 1.33. The normalized spacial score (nSPS) is 12.3. The molecule has 1 atom stereocenters. The van der Waals surface area contributed by atoms with Crippen LogP contribution in [0, 0.1) is 11.8 Å². The van der Waals surface area contributed by atoms with Gasteiger partial charge in [0.05, 0.1) is 6.54 Å². The van der Waals surface area contributed by atoms with Crippen LogP contribution in [0.25, 0.3) is 0 Å². The Kier molecular flexibility index (Phi) is 8.40. The Balaban J connectivity index is 3.86. The lowest BCUT2D eigenvalue weighted by molar-refractivity contribution is -0.126. The van der Waals surface area contributed by atoms with Crippen LogP contribution in [0.15, 0.2) is 0 Å². The van der Waals surface area contributed by atoms with Gasteiger partial charge in [-0.1, -0.05) is 13.8 Å². The average molecular weight is 243 g/mol. The van der Waals surface area contributed by atoms with Crippen molar-refractivity contribution in [3.8, 4) is 0 Å². The van der Waals surface area contributed by atoms with Gasteiger partial charge in [0.1, 0.15) is 0 Å². The number of hydrogen-bond donors (Lipinski definition) is 3. The van der Waals surface area contributed by atoms with Crippen LogP contribution in [-0.2, 0) is 9.59 Å². The highest BCUT2D eigenvalue weighted by Gasteiger charge is 2.14. The quantitative estimate of drug-likeness (QED) is 0.571. The summed E-state index contributed by atoms with van der Waals surface area (Å²) in [6.45, 7) is 7.18. The van der Waals surface area contributed by atoms with E-state index in [-0.39, 0.29) is 24.3 Å². The van der Waals surface area contributed by atoms with Crippen molar-refractivity contribution in [1.82, 2.24) is 10.6 Å². The number of carbonyl (C=O) groups is 2. The lowest BCUT2D eigenvalue weighted by Gasteiger charge is -2.16. The third-order valence-electron chi connectivity index (χ3n) is 2.43. The van der Waals surface area contributed by atoms with Crippen molar-refractivity contribution in [3.05, 3.63) is 0 Å². The zero-order valence-corrected chi connectivity index (χ0v) is 11.1. The third-order valence-corrected chi connectivity index (χ3v) is 2.43. The van der Waals surface area contributed by atoms with E-state index in [0.29, 0.717) is 25.4 Å². The number of carbonyl (C=O) groups excluding carboxylic acids is 2. The molecule has 0 aliphatic rings.